The Morgan fingerprint density at radius 3 is 2.24 bits per heavy atom. The number of nitrogens with zero attached hydrogens (tertiary/aromatic N) is 1. The quantitative estimate of drug-likeness (QED) is 0.206. The first-order valence-corrected chi connectivity index (χ1v) is 15.1. The summed E-state index contributed by atoms with van der Waals surface area (Å²) in [5.74, 6) is 1.60. The van der Waals surface area contributed by atoms with Gasteiger partial charge in [-0.05, 0) is 78.6 Å². The second-order valence-corrected chi connectivity index (χ2v) is 11.5. The van der Waals surface area contributed by atoms with Crippen molar-refractivity contribution < 1.29 is 9.53 Å². The van der Waals surface area contributed by atoms with Crippen LogP contribution in [0.4, 0.5) is 5.69 Å². The Hall–Kier alpha value is -4.13. The number of carbonyl (C=O) groups is 1. The second-order valence-electron chi connectivity index (χ2n) is 11.5. The predicted octanol–water partition coefficient (Wildman–Crippen LogP) is 6.53. The monoisotopic (exact) mass is 560 g/mol. The molecule has 6 nitrogen and oxygen atoms in total. The lowest BCUT2D eigenvalue weighted by atomic mass is 9.81. The number of hydrogen-bond donors (Lipinski definition) is 3. The molecule has 6 rings (SSSR count). The van der Waals surface area contributed by atoms with Crippen LogP contribution < -0.4 is 21.2 Å². The van der Waals surface area contributed by atoms with Gasteiger partial charge < -0.3 is 21.2 Å². The van der Waals surface area contributed by atoms with Crippen LogP contribution in [0.2, 0.25) is 0 Å². The molecule has 1 saturated carbocycles. The van der Waals surface area contributed by atoms with Crippen LogP contribution in [0.3, 0.4) is 0 Å². The van der Waals surface area contributed by atoms with E-state index < -0.39 is 0 Å². The van der Waals surface area contributed by atoms with E-state index in [9.17, 15) is 4.79 Å². The molecular weight excluding hydrogens is 520 g/mol. The highest BCUT2D eigenvalue weighted by Crippen LogP contribution is 2.36. The fourth-order valence-electron chi connectivity index (χ4n) is 6.18. The van der Waals surface area contributed by atoms with Gasteiger partial charge in [0.2, 0.25) is 5.91 Å². The molecule has 0 bridgehead atoms. The van der Waals surface area contributed by atoms with Gasteiger partial charge in [-0.25, -0.2) is 0 Å². The first-order chi connectivity index (χ1) is 20.7. The minimum absolute atomic E-state index is 0.0502. The summed E-state index contributed by atoms with van der Waals surface area (Å²) in [4.78, 5) is 13.5. The van der Waals surface area contributed by atoms with Gasteiger partial charge in [-0.1, -0.05) is 84.9 Å². The summed E-state index contributed by atoms with van der Waals surface area (Å²) in [6.07, 6.45) is 4.42. The Morgan fingerprint density at radius 1 is 0.857 bits per heavy atom. The van der Waals surface area contributed by atoms with Gasteiger partial charge >= 0.3 is 0 Å². The summed E-state index contributed by atoms with van der Waals surface area (Å²) in [7, 11) is 0. The summed E-state index contributed by atoms with van der Waals surface area (Å²) < 4.78 is 6.01. The molecule has 4 N–H and O–H groups in total. The molecule has 42 heavy (non-hydrogen) atoms. The summed E-state index contributed by atoms with van der Waals surface area (Å²) >= 11 is 0. The van der Waals surface area contributed by atoms with E-state index in [4.69, 9.17) is 10.5 Å². The fraction of sp³-hybridized carbons (Fsp3) is 0.306. The first-order valence-electron chi connectivity index (χ1n) is 15.1. The molecule has 0 spiro atoms. The van der Waals surface area contributed by atoms with E-state index in [1.165, 1.54) is 16.7 Å². The molecule has 1 atom stereocenters. The Balaban J connectivity index is 1.17. The van der Waals surface area contributed by atoms with E-state index in [0.29, 0.717) is 32.0 Å². The third-order valence-corrected chi connectivity index (χ3v) is 8.69. The topological polar surface area (TPSA) is 79.6 Å². The normalized spacial score (nSPS) is 19.0. The Labute approximate surface area is 248 Å². The fourth-order valence-corrected chi connectivity index (χ4v) is 6.18. The number of anilines is 1. The molecule has 216 valence electrons. The Kier molecular flexibility index (Phi) is 8.83. The van der Waals surface area contributed by atoms with Gasteiger partial charge in [0.15, 0.2) is 0 Å². The lowest BCUT2D eigenvalue weighted by Gasteiger charge is -2.32. The lowest BCUT2D eigenvalue weighted by Crippen LogP contribution is -2.51. The van der Waals surface area contributed by atoms with Crippen LogP contribution in [-0.4, -0.2) is 23.6 Å². The van der Waals surface area contributed by atoms with Crippen molar-refractivity contribution in [3.05, 3.63) is 120 Å². The van der Waals surface area contributed by atoms with Crippen LogP contribution in [0.25, 0.3) is 11.1 Å². The molecule has 1 amide bonds. The summed E-state index contributed by atoms with van der Waals surface area (Å²) in [6, 6.07) is 35.3. The number of fused-ring (bicyclic) bond motifs is 1. The van der Waals surface area contributed by atoms with E-state index in [0.717, 1.165) is 48.2 Å². The number of benzene rings is 4. The van der Waals surface area contributed by atoms with Crippen molar-refractivity contribution in [1.29, 1.82) is 0 Å². The van der Waals surface area contributed by atoms with Crippen molar-refractivity contribution in [2.45, 2.75) is 51.4 Å². The van der Waals surface area contributed by atoms with Gasteiger partial charge in [-0.15, -0.1) is 0 Å². The third kappa shape index (κ3) is 6.67. The summed E-state index contributed by atoms with van der Waals surface area (Å²) in [5.41, 5.74) is 16.5. The van der Waals surface area contributed by atoms with Gasteiger partial charge in [-0.3, -0.25) is 4.79 Å². The predicted molar refractivity (Wildman–Crippen MR) is 168 cm³/mol. The SMILES string of the molecule is NCC1CCC(C(=O)N[C@H](Cc2ccccc2)N2Cc3c(cccc3-c3ccc(OCc4ccccc4)cc3)N2)CC1. The first kappa shape index (κ1) is 28.0. The minimum atomic E-state index is -0.179. The molecule has 0 unspecified atom stereocenters. The number of amides is 1. The number of hydrazine groups is 1. The maximum absolute atomic E-state index is 13.5. The van der Waals surface area contributed by atoms with E-state index in [1.807, 2.05) is 36.4 Å². The van der Waals surface area contributed by atoms with Gasteiger partial charge in [0, 0.05) is 24.4 Å². The zero-order chi connectivity index (χ0) is 28.7. The van der Waals surface area contributed by atoms with Crippen LogP contribution in [-0.2, 0) is 24.4 Å². The van der Waals surface area contributed by atoms with Crippen molar-refractivity contribution in [2.75, 3.05) is 12.0 Å². The maximum atomic E-state index is 13.5. The highest BCUT2D eigenvalue weighted by Gasteiger charge is 2.32. The van der Waals surface area contributed by atoms with Gasteiger partial charge in [0.25, 0.3) is 0 Å². The smallest absolute Gasteiger partial charge is 0.224 e. The average Bonchev–Trinajstić information content (AvgIpc) is 3.50. The lowest BCUT2D eigenvalue weighted by molar-refractivity contribution is -0.128. The van der Waals surface area contributed by atoms with Crippen LogP contribution in [0, 0.1) is 11.8 Å². The molecule has 6 heteroatoms. The highest BCUT2D eigenvalue weighted by atomic mass is 16.5. The molecule has 4 aromatic carbocycles. The number of carbonyl (C=O) groups excluding carboxylic acids is 1. The van der Waals surface area contributed by atoms with Gasteiger partial charge in [-0.2, -0.15) is 5.01 Å². The molecule has 0 radical (unpaired) electrons. The zero-order valence-electron chi connectivity index (χ0n) is 24.0. The molecule has 1 fully saturated rings. The number of ether oxygens (including phenoxy) is 1. The van der Waals surface area contributed by atoms with Gasteiger partial charge in [0.1, 0.15) is 18.5 Å². The molecule has 1 aliphatic carbocycles. The maximum Gasteiger partial charge on any atom is 0.224 e. The van der Waals surface area contributed by atoms with Crippen molar-refractivity contribution in [1.82, 2.24) is 10.3 Å². The molecule has 4 aromatic rings. The Morgan fingerprint density at radius 2 is 1.55 bits per heavy atom. The van der Waals surface area contributed by atoms with Crippen molar-refractivity contribution in [3.8, 4) is 16.9 Å². The van der Waals surface area contributed by atoms with Crippen molar-refractivity contribution >= 4 is 11.6 Å². The van der Waals surface area contributed by atoms with Crippen molar-refractivity contribution in [2.24, 2.45) is 17.6 Å². The van der Waals surface area contributed by atoms with Crippen molar-refractivity contribution in [3.63, 3.8) is 0 Å². The molecule has 2 aliphatic rings. The zero-order valence-corrected chi connectivity index (χ0v) is 24.0. The van der Waals surface area contributed by atoms with Crippen LogP contribution in [0.5, 0.6) is 5.75 Å². The Bertz CT molecular complexity index is 1450. The van der Waals surface area contributed by atoms with Crippen LogP contribution in [0.15, 0.2) is 103 Å². The highest BCUT2D eigenvalue weighted by molar-refractivity contribution is 5.79. The van der Waals surface area contributed by atoms with Gasteiger partial charge in [0.05, 0.1) is 5.69 Å². The number of hydrogen-bond acceptors (Lipinski definition) is 5. The molecular formula is C36H40N4O2. The number of nitrogens with one attached hydrogen (secondary N) is 2. The molecule has 0 aromatic heterocycles. The number of rotatable bonds is 10. The second kappa shape index (κ2) is 13.2. The van der Waals surface area contributed by atoms with E-state index in [2.05, 4.69) is 82.5 Å². The van der Waals surface area contributed by atoms with E-state index in [-0.39, 0.29) is 18.0 Å². The largest absolute Gasteiger partial charge is 0.489 e. The van der Waals surface area contributed by atoms with E-state index >= 15 is 0 Å². The van der Waals surface area contributed by atoms with E-state index in [1.54, 1.807) is 0 Å². The summed E-state index contributed by atoms with van der Waals surface area (Å²) in [5, 5.41) is 5.60. The minimum Gasteiger partial charge on any atom is -0.489 e. The standard InChI is InChI=1S/C36H40N4O2/c37-23-27-14-16-30(17-15-27)36(41)38-35(22-26-8-3-1-4-9-26)40-24-33-32(12-7-13-34(33)39-40)29-18-20-31(21-19-29)42-25-28-10-5-2-6-11-28/h1-13,18-21,27,30,35,39H,14-17,22-25,37H2,(H,38,41)/t27?,30?,35-/m0/s1. The number of nitrogens with two attached hydrogens (primary N) is 1. The molecule has 1 aliphatic heterocycles. The third-order valence-electron chi connectivity index (χ3n) is 8.69. The van der Waals surface area contributed by atoms with Crippen LogP contribution in [0.1, 0.15) is 42.4 Å². The average molecular weight is 561 g/mol. The molecule has 1 heterocycles. The summed E-state index contributed by atoms with van der Waals surface area (Å²) in [6.45, 7) is 1.95. The van der Waals surface area contributed by atoms with Crippen LogP contribution >= 0.6 is 0 Å². The molecule has 0 saturated heterocycles.